The van der Waals surface area contributed by atoms with Crippen LogP contribution in [0.5, 0.6) is 0 Å². The van der Waals surface area contributed by atoms with Crippen LogP contribution in [0.4, 0.5) is 5.69 Å². The Morgan fingerprint density at radius 1 is 0.781 bits per heavy atom. The number of carbonyl (C=O) groups excluding carboxylic acids is 1. The lowest BCUT2D eigenvalue weighted by atomic mass is 9.85. The molecule has 0 unspecified atom stereocenters. The number of para-hydroxylation sites is 1. The van der Waals surface area contributed by atoms with Crippen molar-refractivity contribution in [3.05, 3.63) is 114 Å². The van der Waals surface area contributed by atoms with Crippen molar-refractivity contribution in [1.29, 1.82) is 0 Å². The van der Waals surface area contributed by atoms with E-state index in [0.29, 0.717) is 16.8 Å². The smallest absolute Gasteiger partial charge is 0.265 e. The van der Waals surface area contributed by atoms with Crippen molar-refractivity contribution < 1.29 is 9.90 Å². The van der Waals surface area contributed by atoms with Crippen LogP contribution in [-0.4, -0.2) is 15.6 Å². The fraction of sp³-hybridized carbons (Fsp3) is 0.107. The number of benzene rings is 4. The molecule has 32 heavy (non-hydrogen) atoms. The van der Waals surface area contributed by atoms with Gasteiger partial charge in [-0.05, 0) is 42.3 Å². The molecular weight excluding hydrogens is 396 g/mol. The third-order valence-corrected chi connectivity index (χ3v) is 6.06. The Labute approximate surface area is 186 Å². The fourth-order valence-corrected chi connectivity index (χ4v) is 4.48. The van der Waals surface area contributed by atoms with Gasteiger partial charge < -0.3 is 15.0 Å². The van der Waals surface area contributed by atoms with Crippen molar-refractivity contribution in [3.63, 3.8) is 0 Å². The number of carbonyl (C=O) groups is 1. The van der Waals surface area contributed by atoms with E-state index in [9.17, 15) is 9.90 Å². The Morgan fingerprint density at radius 2 is 1.34 bits per heavy atom. The molecule has 4 nitrogen and oxygen atoms in total. The molecule has 0 aliphatic rings. The lowest BCUT2D eigenvalue weighted by Gasteiger charge is -2.28. The van der Waals surface area contributed by atoms with E-state index in [1.807, 2.05) is 66.7 Å². The Morgan fingerprint density at radius 3 is 1.97 bits per heavy atom. The van der Waals surface area contributed by atoms with E-state index in [1.165, 1.54) is 5.52 Å². The molecule has 2 N–H and O–H groups in total. The number of hydrogen-bond acceptors (Lipinski definition) is 2. The van der Waals surface area contributed by atoms with E-state index < -0.39 is 11.5 Å². The van der Waals surface area contributed by atoms with Crippen molar-refractivity contribution in [3.8, 4) is 0 Å². The topological polar surface area (TPSA) is 54.3 Å². The maximum absolute atomic E-state index is 13.5. The standard InChI is InChI=1S/C28H24N2O2/c1-2-30-25-16-10-9-15-23(25)24-19-22(17-18-26(24)30)29-27(31)28(32,20-11-5-3-6-12-20)21-13-7-4-8-14-21/h3-19,32H,2H2,1H3,(H,29,31). The molecule has 0 aliphatic carbocycles. The Kier molecular flexibility index (Phi) is 5.00. The van der Waals surface area contributed by atoms with E-state index in [1.54, 1.807) is 24.3 Å². The zero-order valence-electron chi connectivity index (χ0n) is 17.8. The molecule has 4 aromatic carbocycles. The molecule has 1 aromatic heterocycles. The average Bonchev–Trinajstić information content (AvgIpc) is 3.17. The average molecular weight is 421 g/mol. The van der Waals surface area contributed by atoms with Crippen LogP contribution in [0.25, 0.3) is 21.8 Å². The quantitative estimate of drug-likeness (QED) is 0.384. The maximum atomic E-state index is 13.5. The van der Waals surface area contributed by atoms with Crippen molar-refractivity contribution in [2.24, 2.45) is 0 Å². The van der Waals surface area contributed by atoms with E-state index >= 15 is 0 Å². The number of nitrogens with one attached hydrogen (secondary N) is 1. The van der Waals surface area contributed by atoms with Crippen LogP contribution < -0.4 is 5.32 Å². The summed E-state index contributed by atoms with van der Waals surface area (Å²) in [5, 5.41) is 16.9. The second-order valence-corrected chi connectivity index (χ2v) is 7.89. The minimum absolute atomic E-state index is 0.492. The summed E-state index contributed by atoms with van der Waals surface area (Å²) >= 11 is 0. The van der Waals surface area contributed by atoms with Gasteiger partial charge in [-0.2, -0.15) is 0 Å². The van der Waals surface area contributed by atoms with Crippen LogP contribution >= 0.6 is 0 Å². The van der Waals surface area contributed by atoms with Crippen molar-refractivity contribution in [1.82, 2.24) is 4.57 Å². The highest BCUT2D eigenvalue weighted by Gasteiger charge is 2.39. The normalized spacial score (nSPS) is 11.7. The second kappa shape index (κ2) is 7.98. The highest BCUT2D eigenvalue weighted by Crippen LogP contribution is 2.34. The number of anilines is 1. The van der Waals surface area contributed by atoms with Crippen molar-refractivity contribution in [2.75, 3.05) is 5.32 Å². The van der Waals surface area contributed by atoms with Gasteiger partial charge in [0.25, 0.3) is 5.91 Å². The van der Waals surface area contributed by atoms with Gasteiger partial charge in [-0.25, -0.2) is 0 Å². The number of nitrogens with zero attached hydrogens (tertiary/aromatic N) is 1. The predicted octanol–water partition coefficient (Wildman–Crippen LogP) is 5.69. The van der Waals surface area contributed by atoms with Crippen LogP contribution in [0.15, 0.2) is 103 Å². The summed E-state index contributed by atoms with van der Waals surface area (Å²) in [6, 6.07) is 32.3. The van der Waals surface area contributed by atoms with Crippen molar-refractivity contribution >= 4 is 33.4 Å². The first-order valence-electron chi connectivity index (χ1n) is 10.8. The Bertz CT molecular complexity index is 1370. The molecule has 0 radical (unpaired) electrons. The number of amides is 1. The summed E-state index contributed by atoms with van der Waals surface area (Å²) in [6.45, 7) is 2.99. The van der Waals surface area contributed by atoms with Gasteiger partial charge in [-0.3, -0.25) is 4.79 Å². The van der Waals surface area contributed by atoms with Gasteiger partial charge in [-0.15, -0.1) is 0 Å². The Hall–Kier alpha value is -3.89. The van der Waals surface area contributed by atoms with E-state index in [0.717, 1.165) is 22.8 Å². The van der Waals surface area contributed by atoms with Crippen LogP contribution in [0, 0.1) is 0 Å². The largest absolute Gasteiger partial charge is 0.372 e. The van der Waals surface area contributed by atoms with E-state index in [2.05, 4.69) is 28.9 Å². The number of aromatic nitrogens is 1. The van der Waals surface area contributed by atoms with Gasteiger partial charge in [0.05, 0.1) is 0 Å². The summed E-state index contributed by atoms with van der Waals surface area (Å²) in [4.78, 5) is 13.5. The van der Waals surface area contributed by atoms with Gasteiger partial charge in [0.1, 0.15) is 0 Å². The summed E-state index contributed by atoms with van der Waals surface area (Å²) < 4.78 is 2.26. The third kappa shape index (κ3) is 3.17. The zero-order valence-corrected chi connectivity index (χ0v) is 17.8. The first kappa shape index (κ1) is 20.0. The molecule has 0 spiro atoms. The lowest BCUT2D eigenvalue weighted by molar-refractivity contribution is -0.131. The van der Waals surface area contributed by atoms with Crippen LogP contribution in [0.3, 0.4) is 0 Å². The minimum Gasteiger partial charge on any atom is -0.372 e. The van der Waals surface area contributed by atoms with Gasteiger partial charge >= 0.3 is 0 Å². The molecule has 4 heteroatoms. The molecule has 1 amide bonds. The van der Waals surface area contributed by atoms with Crippen molar-refractivity contribution in [2.45, 2.75) is 19.1 Å². The van der Waals surface area contributed by atoms with Crippen LogP contribution in [0.2, 0.25) is 0 Å². The molecule has 0 saturated heterocycles. The molecule has 1 heterocycles. The molecule has 158 valence electrons. The van der Waals surface area contributed by atoms with Gasteiger partial charge in [0.15, 0.2) is 5.60 Å². The molecule has 0 saturated carbocycles. The number of aliphatic hydroxyl groups is 1. The number of rotatable bonds is 5. The van der Waals surface area contributed by atoms with Gasteiger partial charge in [0.2, 0.25) is 0 Å². The first-order chi connectivity index (χ1) is 15.6. The number of hydrogen-bond donors (Lipinski definition) is 2. The van der Waals surface area contributed by atoms with Gasteiger partial charge in [-0.1, -0.05) is 78.9 Å². The second-order valence-electron chi connectivity index (χ2n) is 7.89. The maximum Gasteiger partial charge on any atom is 0.265 e. The SMILES string of the molecule is CCn1c2ccccc2c2cc(NC(=O)C(O)(c3ccccc3)c3ccccc3)ccc21. The molecule has 0 atom stereocenters. The molecule has 0 aliphatic heterocycles. The molecule has 5 rings (SSSR count). The summed E-state index contributed by atoms with van der Waals surface area (Å²) in [5.74, 6) is -0.492. The monoisotopic (exact) mass is 420 g/mol. The number of aryl methyl sites for hydroxylation is 1. The molecule has 0 fully saturated rings. The Balaban J connectivity index is 1.59. The van der Waals surface area contributed by atoms with E-state index in [4.69, 9.17) is 0 Å². The summed E-state index contributed by atoms with van der Waals surface area (Å²) in [5.41, 5.74) is 2.16. The highest BCUT2D eigenvalue weighted by molar-refractivity contribution is 6.10. The summed E-state index contributed by atoms with van der Waals surface area (Å²) in [6.07, 6.45) is 0. The van der Waals surface area contributed by atoms with Crippen LogP contribution in [-0.2, 0) is 16.9 Å². The molecular formula is C28H24N2O2. The van der Waals surface area contributed by atoms with E-state index in [-0.39, 0.29) is 0 Å². The third-order valence-electron chi connectivity index (χ3n) is 6.06. The lowest BCUT2D eigenvalue weighted by Crippen LogP contribution is -2.41. The highest BCUT2D eigenvalue weighted by atomic mass is 16.3. The van der Waals surface area contributed by atoms with Crippen LogP contribution in [0.1, 0.15) is 18.1 Å². The zero-order chi connectivity index (χ0) is 22.1. The predicted molar refractivity (Wildman–Crippen MR) is 130 cm³/mol. The number of fused-ring (bicyclic) bond motifs is 3. The fourth-order valence-electron chi connectivity index (χ4n) is 4.48. The van der Waals surface area contributed by atoms with Gasteiger partial charge in [0, 0.05) is 34.0 Å². The minimum atomic E-state index is -1.81. The first-order valence-corrected chi connectivity index (χ1v) is 10.8. The summed E-state index contributed by atoms with van der Waals surface area (Å²) in [7, 11) is 0. The molecule has 5 aromatic rings. The molecule has 0 bridgehead atoms.